The van der Waals surface area contributed by atoms with Crippen LogP contribution < -0.4 is 10.6 Å². The Morgan fingerprint density at radius 3 is 0.875 bits per heavy atom. The number of hydrogen-bond donors (Lipinski definition) is 0. The molecule has 1 rings (SSSR count). The first-order valence-electron chi connectivity index (χ1n) is 8.56. The molecule has 0 aliphatic carbocycles. The molecule has 4 nitrogen and oxygen atoms in total. The summed E-state index contributed by atoms with van der Waals surface area (Å²) in [6.07, 6.45) is 0.501. The Hall–Kier alpha value is -0.0800. The second-order valence-electron chi connectivity index (χ2n) is 6.65. The van der Waals surface area contributed by atoms with E-state index in [1.54, 1.807) is 0 Å². The van der Waals surface area contributed by atoms with Gasteiger partial charge in [-0.3, -0.25) is 0 Å². The van der Waals surface area contributed by atoms with Crippen molar-refractivity contribution < 1.29 is 18.1 Å². The van der Waals surface area contributed by atoms with Gasteiger partial charge in [-0.05, 0) is 79.7 Å². The van der Waals surface area contributed by atoms with Gasteiger partial charge < -0.3 is 18.1 Å². The Balaban J connectivity index is 2.93. The first-order valence-corrected chi connectivity index (χ1v) is 10.9. The topological polar surface area (TPSA) is 36.9 Å². The van der Waals surface area contributed by atoms with Gasteiger partial charge in [0.25, 0.3) is 0 Å². The molecular formula is C18H32O4P2. The monoisotopic (exact) mass is 374 g/mol. The molecule has 0 fully saturated rings. The van der Waals surface area contributed by atoms with Gasteiger partial charge in [-0.2, -0.15) is 0 Å². The van der Waals surface area contributed by atoms with E-state index in [1.807, 2.05) is 55.4 Å². The highest BCUT2D eigenvalue weighted by Crippen LogP contribution is 2.42. The molecule has 0 bridgehead atoms. The van der Waals surface area contributed by atoms with Crippen molar-refractivity contribution in [3.63, 3.8) is 0 Å². The summed E-state index contributed by atoms with van der Waals surface area (Å²) in [7, 11) is -2.15. The van der Waals surface area contributed by atoms with Gasteiger partial charge in [0.2, 0.25) is 16.8 Å². The summed E-state index contributed by atoms with van der Waals surface area (Å²) in [6.45, 7) is 16.2. The van der Waals surface area contributed by atoms with Gasteiger partial charge in [0.05, 0.1) is 24.4 Å². The minimum Gasteiger partial charge on any atom is -0.328 e. The van der Waals surface area contributed by atoms with Crippen LogP contribution in [0.4, 0.5) is 0 Å². The van der Waals surface area contributed by atoms with Gasteiger partial charge in [-0.25, -0.2) is 0 Å². The van der Waals surface area contributed by atoms with Crippen LogP contribution in [-0.2, 0) is 18.1 Å². The highest BCUT2D eigenvalue weighted by molar-refractivity contribution is 7.56. The van der Waals surface area contributed by atoms with Crippen molar-refractivity contribution in [2.75, 3.05) is 0 Å². The Kier molecular flexibility index (Phi) is 9.89. The molecule has 0 radical (unpaired) electrons. The molecule has 0 amide bonds. The molecule has 1 aromatic carbocycles. The summed E-state index contributed by atoms with van der Waals surface area (Å²) >= 11 is 0. The van der Waals surface area contributed by atoms with E-state index in [2.05, 4.69) is 24.3 Å². The van der Waals surface area contributed by atoms with Crippen LogP contribution in [0, 0.1) is 0 Å². The Bertz CT molecular complexity index is 398. The van der Waals surface area contributed by atoms with Crippen molar-refractivity contribution in [2.24, 2.45) is 0 Å². The predicted octanol–water partition coefficient (Wildman–Crippen LogP) is 5.26. The lowest BCUT2D eigenvalue weighted by atomic mass is 10.4. The standard InChI is InChI=1S/C18H32O4P2/c1-13(2)19-23(20-14(3)4)17-9-11-18(12-10-17)24(21-15(5)6)22-16(7)8/h9-16H,1-8H3. The first kappa shape index (κ1) is 22.0. The van der Waals surface area contributed by atoms with Crippen LogP contribution in [0.5, 0.6) is 0 Å². The zero-order valence-electron chi connectivity index (χ0n) is 16.1. The number of hydrogen-bond acceptors (Lipinski definition) is 4. The molecule has 0 heterocycles. The SMILES string of the molecule is CC(C)OP(OC(C)C)c1ccc(P(OC(C)C)OC(C)C)cc1. The Morgan fingerprint density at radius 1 is 0.500 bits per heavy atom. The van der Waals surface area contributed by atoms with Crippen LogP contribution in [0.15, 0.2) is 24.3 Å². The van der Waals surface area contributed by atoms with Crippen molar-refractivity contribution in [3.05, 3.63) is 24.3 Å². The molecule has 0 atom stereocenters. The van der Waals surface area contributed by atoms with Crippen LogP contribution in [0.25, 0.3) is 0 Å². The third-order valence-electron chi connectivity index (χ3n) is 2.50. The summed E-state index contributed by atoms with van der Waals surface area (Å²) in [6, 6.07) is 8.26. The zero-order chi connectivity index (χ0) is 18.3. The van der Waals surface area contributed by atoms with Crippen molar-refractivity contribution in [1.29, 1.82) is 0 Å². The lowest BCUT2D eigenvalue weighted by molar-refractivity contribution is 0.182. The van der Waals surface area contributed by atoms with Crippen LogP contribution in [-0.4, -0.2) is 24.4 Å². The van der Waals surface area contributed by atoms with Crippen molar-refractivity contribution in [2.45, 2.75) is 79.8 Å². The van der Waals surface area contributed by atoms with Gasteiger partial charge >= 0.3 is 0 Å². The molecule has 0 saturated carbocycles. The summed E-state index contributed by atoms with van der Waals surface area (Å²) in [5, 5.41) is 2.14. The molecule has 0 aliphatic rings. The minimum atomic E-state index is -1.07. The van der Waals surface area contributed by atoms with E-state index in [0.717, 1.165) is 10.6 Å². The fourth-order valence-corrected chi connectivity index (χ4v) is 4.66. The molecule has 0 N–H and O–H groups in total. The van der Waals surface area contributed by atoms with Crippen molar-refractivity contribution in [1.82, 2.24) is 0 Å². The summed E-state index contributed by atoms with van der Waals surface area (Å²) < 4.78 is 23.8. The smallest absolute Gasteiger partial charge is 0.205 e. The molecule has 6 heteroatoms. The maximum absolute atomic E-state index is 5.96. The molecular weight excluding hydrogens is 342 g/mol. The minimum absolute atomic E-state index is 0.125. The lowest BCUT2D eigenvalue weighted by Gasteiger charge is -2.24. The van der Waals surface area contributed by atoms with Crippen LogP contribution in [0.3, 0.4) is 0 Å². The number of rotatable bonds is 10. The summed E-state index contributed by atoms with van der Waals surface area (Å²) in [4.78, 5) is 0. The van der Waals surface area contributed by atoms with E-state index in [-0.39, 0.29) is 24.4 Å². The van der Waals surface area contributed by atoms with E-state index in [0.29, 0.717) is 0 Å². The van der Waals surface area contributed by atoms with E-state index in [1.165, 1.54) is 0 Å². The number of benzene rings is 1. The van der Waals surface area contributed by atoms with Gasteiger partial charge in [0.15, 0.2) is 0 Å². The highest BCUT2D eigenvalue weighted by atomic mass is 31.2. The van der Waals surface area contributed by atoms with E-state index >= 15 is 0 Å². The Morgan fingerprint density at radius 2 is 0.708 bits per heavy atom. The third kappa shape index (κ3) is 8.34. The molecule has 24 heavy (non-hydrogen) atoms. The second-order valence-corrected chi connectivity index (χ2v) is 9.55. The van der Waals surface area contributed by atoms with Gasteiger partial charge in [-0.1, -0.05) is 0 Å². The fraction of sp³-hybridized carbons (Fsp3) is 0.667. The van der Waals surface area contributed by atoms with E-state index in [4.69, 9.17) is 18.1 Å². The largest absolute Gasteiger partial charge is 0.328 e. The van der Waals surface area contributed by atoms with Gasteiger partial charge in [0, 0.05) is 10.6 Å². The summed E-state index contributed by atoms with van der Waals surface area (Å²) in [5.74, 6) is 0. The predicted molar refractivity (Wildman–Crippen MR) is 104 cm³/mol. The van der Waals surface area contributed by atoms with E-state index in [9.17, 15) is 0 Å². The van der Waals surface area contributed by atoms with Crippen molar-refractivity contribution in [3.8, 4) is 0 Å². The van der Waals surface area contributed by atoms with Crippen molar-refractivity contribution >= 4 is 27.4 Å². The average Bonchev–Trinajstić information content (AvgIpc) is 2.44. The third-order valence-corrected chi connectivity index (χ3v) is 6.39. The average molecular weight is 374 g/mol. The van der Waals surface area contributed by atoms with Gasteiger partial charge in [0.1, 0.15) is 0 Å². The van der Waals surface area contributed by atoms with Crippen LogP contribution in [0.1, 0.15) is 55.4 Å². The molecule has 0 spiro atoms. The maximum Gasteiger partial charge on any atom is 0.205 e. The molecule has 0 aromatic heterocycles. The van der Waals surface area contributed by atoms with Crippen LogP contribution in [0.2, 0.25) is 0 Å². The molecule has 138 valence electrons. The lowest BCUT2D eigenvalue weighted by Crippen LogP contribution is -2.17. The fourth-order valence-electron chi connectivity index (χ4n) is 1.76. The molecule has 0 unspecified atom stereocenters. The quantitative estimate of drug-likeness (QED) is 0.524. The normalized spacial score (nSPS) is 12.6. The zero-order valence-corrected chi connectivity index (χ0v) is 17.9. The van der Waals surface area contributed by atoms with Gasteiger partial charge in [-0.15, -0.1) is 0 Å². The summed E-state index contributed by atoms with van der Waals surface area (Å²) in [5.41, 5.74) is 0. The maximum atomic E-state index is 5.96. The first-order chi connectivity index (χ1) is 11.2. The molecule has 1 aromatic rings. The second kappa shape index (κ2) is 10.8. The molecule has 0 saturated heterocycles. The highest BCUT2D eigenvalue weighted by Gasteiger charge is 2.21. The molecule has 0 aliphatic heterocycles. The van der Waals surface area contributed by atoms with Crippen LogP contribution >= 0.6 is 16.8 Å². The van der Waals surface area contributed by atoms with E-state index < -0.39 is 16.8 Å². The Labute approximate surface area is 150 Å².